The largest absolute Gasteiger partial charge is 0.444 e. The Kier molecular flexibility index (Phi) is 4.47. The standard InChI is InChI=1S/C15H23N3O2/c1-15(2,3)20-14(19)17-12-7-6-10-18(11-12)13-8-4-5-9-16-13/h4-5,8-9,12H,6-7,10-11H2,1-3H3,(H,17,19). The molecule has 1 atom stereocenters. The number of nitrogens with one attached hydrogen (secondary N) is 1. The number of pyridine rings is 1. The molecule has 0 aromatic carbocycles. The van der Waals surface area contributed by atoms with Gasteiger partial charge in [-0.05, 0) is 45.7 Å². The van der Waals surface area contributed by atoms with Gasteiger partial charge in [-0.1, -0.05) is 6.07 Å². The molecule has 0 radical (unpaired) electrons. The van der Waals surface area contributed by atoms with Crippen LogP contribution in [-0.4, -0.2) is 35.8 Å². The van der Waals surface area contributed by atoms with E-state index in [2.05, 4.69) is 15.2 Å². The first kappa shape index (κ1) is 14.6. The van der Waals surface area contributed by atoms with Gasteiger partial charge >= 0.3 is 6.09 Å². The van der Waals surface area contributed by atoms with Crippen molar-refractivity contribution in [2.45, 2.75) is 45.3 Å². The van der Waals surface area contributed by atoms with Gasteiger partial charge in [0.2, 0.25) is 0 Å². The Morgan fingerprint density at radius 2 is 2.25 bits per heavy atom. The summed E-state index contributed by atoms with van der Waals surface area (Å²) < 4.78 is 5.30. The number of amides is 1. The van der Waals surface area contributed by atoms with Crippen LogP contribution < -0.4 is 10.2 Å². The maximum atomic E-state index is 11.8. The summed E-state index contributed by atoms with van der Waals surface area (Å²) in [5, 5.41) is 2.94. The topological polar surface area (TPSA) is 54.5 Å². The highest BCUT2D eigenvalue weighted by Crippen LogP contribution is 2.17. The number of carbonyl (C=O) groups is 1. The number of alkyl carbamates (subject to hydrolysis) is 1. The fraction of sp³-hybridized carbons (Fsp3) is 0.600. The van der Waals surface area contributed by atoms with Crippen molar-refractivity contribution in [3.05, 3.63) is 24.4 Å². The zero-order valence-electron chi connectivity index (χ0n) is 12.4. The Balaban J connectivity index is 1.89. The number of anilines is 1. The fourth-order valence-corrected chi connectivity index (χ4v) is 2.32. The molecule has 0 saturated carbocycles. The van der Waals surface area contributed by atoms with Crippen LogP contribution in [0.2, 0.25) is 0 Å². The van der Waals surface area contributed by atoms with Gasteiger partial charge < -0.3 is 15.0 Å². The molecule has 5 heteroatoms. The minimum Gasteiger partial charge on any atom is -0.444 e. The minimum atomic E-state index is -0.459. The molecule has 1 fully saturated rings. The third-order valence-corrected chi connectivity index (χ3v) is 3.12. The number of piperidine rings is 1. The molecule has 1 aromatic heterocycles. The van der Waals surface area contributed by atoms with Crippen LogP contribution in [-0.2, 0) is 4.74 Å². The Morgan fingerprint density at radius 3 is 2.90 bits per heavy atom. The van der Waals surface area contributed by atoms with Crippen LogP contribution in [0.3, 0.4) is 0 Å². The number of rotatable bonds is 2. The molecule has 1 N–H and O–H groups in total. The molecule has 1 aliphatic rings. The third-order valence-electron chi connectivity index (χ3n) is 3.12. The quantitative estimate of drug-likeness (QED) is 0.902. The lowest BCUT2D eigenvalue weighted by Crippen LogP contribution is -2.49. The molecule has 1 unspecified atom stereocenters. The van der Waals surface area contributed by atoms with E-state index < -0.39 is 5.60 Å². The van der Waals surface area contributed by atoms with Gasteiger partial charge in [0, 0.05) is 25.3 Å². The zero-order valence-corrected chi connectivity index (χ0v) is 12.4. The smallest absolute Gasteiger partial charge is 0.407 e. The van der Waals surface area contributed by atoms with Crippen molar-refractivity contribution in [2.75, 3.05) is 18.0 Å². The lowest BCUT2D eigenvalue weighted by Gasteiger charge is -2.34. The van der Waals surface area contributed by atoms with Gasteiger partial charge in [0.1, 0.15) is 11.4 Å². The van der Waals surface area contributed by atoms with E-state index in [1.165, 1.54) is 0 Å². The summed E-state index contributed by atoms with van der Waals surface area (Å²) in [7, 11) is 0. The first-order valence-corrected chi connectivity index (χ1v) is 7.09. The van der Waals surface area contributed by atoms with Crippen LogP contribution in [0.5, 0.6) is 0 Å². The van der Waals surface area contributed by atoms with Gasteiger partial charge in [0.25, 0.3) is 0 Å². The number of nitrogens with zero attached hydrogens (tertiary/aromatic N) is 2. The fourth-order valence-electron chi connectivity index (χ4n) is 2.32. The molecule has 0 bridgehead atoms. The van der Waals surface area contributed by atoms with Crippen molar-refractivity contribution < 1.29 is 9.53 Å². The first-order chi connectivity index (χ1) is 9.44. The number of carbonyl (C=O) groups excluding carboxylic acids is 1. The molecule has 1 aliphatic heterocycles. The van der Waals surface area contributed by atoms with Crippen molar-refractivity contribution in [1.82, 2.24) is 10.3 Å². The Labute approximate surface area is 120 Å². The highest BCUT2D eigenvalue weighted by molar-refractivity contribution is 5.68. The zero-order chi connectivity index (χ0) is 14.6. The van der Waals surface area contributed by atoms with E-state index in [1.54, 1.807) is 6.20 Å². The minimum absolute atomic E-state index is 0.112. The van der Waals surface area contributed by atoms with Gasteiger partial charge in [0.15, 0.2) is 0 Å². The van der Waals surface area contributed by atoms with Gasteiger partial charge in [-0.15, -0.1) is 0 Å². The van der Waals surface area contributed by atoms with Crippen LogP contribution in [0.4, 0.5) is 10.6 Å². The van der Waals surface area contributed by atoms with E-state index in [0.29, 0.717) is 0 Å². The Hall–Kier alpha value is -1.78. The molecule has 5 nitrogen and oxygen atoms in total. The molecule has 1 aromatic rings. The van der Waals surface area contributed by atoms with Crippen LogP contribution >= 0.6 is 0 Å². The van der Waals surface area contributed by atoms with Crippen molar-refractivity contribution in [3.8, 4) is 0 Å². The molecule has 20 heavy (non-hydrogen) atoms. The first-order valence-electron chi connectivity index (χ1n) is 7.09. The molecule has 0 aliphatic carbocycles. The van der Waals surface area contributed by atoms with Crippen LogP contribution in [0.1, 0.15) is 33.6 Å². The van der Waals surface area contributed by atoms with Crippen LogP contribution in [0.25, 0.3) is 0 Å². The lowest BCUT2D eigenvalue weighted by molar-refractivity contribution is 0.0500. The monoisotopic (exact) mass is 277 g/mol. The summed E-state index contributed by atoms with van der Waals surface area (Å²) in [6, 6.07) is 5.99. The van der Waals surface area contributed by atoms with Gasteiger partial charge in [-0.3, -0.25) is 0 Å². The van der Waals surface area contributed by atoms with Gasteiger partial charge in [-0.25, -0.2) is 9.78 Å². The second-order valence-electron chi connectivity index (χ2n) is 6.12. The molecular formula is C15H23N3O2. The van der Waals surface area contributed by atoms with E-state index in [0.717, 1.165) is 31.7 Å². The van der Waals surface area contributed by atoms with Crippen molar-refractivity contribution in [2.24, 2.45) is 0 Å². The average Bonchev–Trinajstić information content (AvgIpc) is 2.38. The summed E-state index contributed by atoms with van der Waals surface area (Å²) in [5.41, 5.74) is -0.459. The van der Waals surface area contributed by atoms with Crippen molar-refractivity contribution >= 4 is 11.9 Å². The summed E-state index contributed by atoms with van der Waals surface area (Å²) >= 11 is 0. The van der Waals surface area contributed by atoms with Gasteiger partial charge in [0.05, 0.1) is 0 Å². The average molecular weight is 277 g/mol. The number of ether oxygens (including phenoxy) is 1. The number of hydrogen-bond acceptors (Lipinski definition) is 4. The molecule has 1 saturated heterocycles. The number of hydrogen-bond donors (Lipinski definition) is 1. The maximum absolute atomic E-state index is 11.8. The van der Waals surface area contributed by atoms with Crippen molar-refractivity contribution in [3.63, 3.8) is 0 Å². The Bertz CT molecular complexity index is 442. The predicted molar refractivity (Wildman–Crippen MR) is 78.8 cm³/mol. The molecule has 1 amide bonds. The van der Waals surface area contributed by atoms with E-state index in [-0.39, 0.29) is 12.1 Å². The Morgan fingerprint density at radius 1 is 1.45 bits per heavy atom. The molecular weight excluding hydrogens is 254 g/mol. The van der Waals surface area contributed by atoms with Gasteiger partial charge in [-0.2, -0.15) is 0 Å². The number of aromatic nitrogens is 1. The highest BCUT2D eigenvalue weighted by atomic mass is 16.6. The van der Waals surface area contributed by atoms with E-state index >= 15 is 0 Å². The van der Waals surface area contributed by atoms with Crippen LogP contribution in [0, 0.1) is 0 Å². The van der Waals surface area contributed by atoms with Crippen molar-refractivity contribution in [1.29, 1.82) is 0 Å². The summed E-state index contributed by atoms with van der Waals surface area (Å²) in [4.78, 5) is 18.4. The maximum Gasteiger partial charge on any atom is 0.407 e. The second-order valence-corrected chi connectivity index (χ2v) is 6.12. The lowest BCUT2D eigenvalue weighted by atomic mass is 10.1. The molecule has 2 heterocycles. The molecule has 2 rings (SSSR count). The van der Waals surface area contributed by atoms with Crippen LogP contribution in [0.15, 0.2) is 24.4 Å². The summed E-state index contributed by atoms with van der Waals surface area (Å²) in [6.07, 6.45) is 3.46. The highest BCUT2D eigenvalue weighted by Gasteiger charge is 2.24. The van der Waals surface area contributed by atoms with E-state index in [4.69, 9.17) is 4.74 Å². The second kappa shape index (κ2) is 6.11. The summed E-state index contributed by atoms with van der Waals surface area (Å²) in [5.74, 6) is 0.961. The van der Waals surface area contributed by atoms with E-state index in [1.807, 2.05) is 39.0 Å². The SMILES string of the molecule is CC(C)(C)OC(=O)NC1CCCN(c2ccccn2)C1. The van der Waals surface area contributed by atoms with E-state index in [9.17, 15) is 4.79 Å². The molecule has 0 spiro atoms. The molecule has 110 valence electrons. The third kappa shape index (κ3) is 4.40. The predicted octanol–water partition coefficient (Wildman–Crippen LogP) is 2.58. The normalized spacial score (nSPS) is 19.6. The summed E-state index contributed by atoms with van der Waals surface area (Å²) in [6.45, 7) is 7.36.